The van der Waals surface area contributed by atoms with Gasteiger partial charge in [0.15, 0.2) is 23.9 Å². The number of anilines is 1. The van der Waals surface area contributed by atoms with Crippen molar-refractivity contribution in [1.29, 1.82) is 0 Å². The molecule has 4 rings (SSSR count). The molecule has 7 heteroatoms. The molecule has 33 heavy (non-hydrogen) atoms. The number of aryl methyl sites for hydroxylation is 2. The number of amides is 1. The number of nitrogens with zero attached hydrogens (tertiary/aromatic N) is 4. The maximum Gasteiger partial charge on any atom is 0.260 e. The largest absolute Gasteiger partial charge is 0.490 e. The number of carbonyl (C=O) groups is 1. The summed E-state index contributed by atoms with van der Waals surface area (Å²) in [5.74, 6) is 2.04. The van der Waals surface area contributed by atoms with Gasteiger partial charge in [-0.3, -0.25) is 4.79 Å². The number of hydrogen-bond donors (Lipinski definition) is 0. The Kier molecular flexibility index (Phi) is 7.07. The molecular formula is C26H30N4O3. The summed E-state index contributed by atoms with van der Waals surface area (Å²) in [6, 6.07) is 17.7. The van der Waals surface area contributed by atoms with E-state index in [1.54, 1.807) is 0 Å². The quantitative estimate of drug-likeness (QED) is 0.549. The minimum atomic E-state index is -0.0304. The zero-order valence-corrected chi connectivity index (χ0v) is 19.5. The number of hydrogen-bond acceptors (Lipinski definition) is 6. The van der Waals surface area contributed by atoms with Gasteiger partial charge >= 0.3 is 0 Å². The third kappa shape index (κ3) is 5.42. The fraction of sp³-hybridized carbons (Fsp3) is 0.346. The molecule has 0 aliphatic carbocycles. The molecule has 2 aromatic carbocycles. The molecule has 0 bridgehead atoms. The predicted molar refractivity (Wildman–Crippen MR) is 129 cm³/mol. The summed E-state index contributed by atoms with van der Waals surface area (Å²) in [6.45, 7) is 9.32. The van der Waals surface area contributed by atoms with E-state index in [0.717, 1.165) is 17.1 Å². The van der Waals surface area contributed by atoms with E-state index in [1.807, 2.05) is 48.2 Å². The molecule has 0 spiro atoms. The fourth-order valence-electron chi connectivity index (χ4n) is 3.81. The molecule has 3 aromatic rings. The van der Waals surface area contributed by atoms with E-state index in [2.05, 4.69) is 47.1 Å². The number of piperazine rings is 1. The molecule has 1 fully saturated rings. The SMILES string of the molecule is CCOc1ccccc1OCC(=O)N1CCN(c2ccc(-c3ccc(C)c(C)c3)nn2)CC1. The first kappa shape index (κ1) is 22.6. The summed E-state index contributed by atoms with van der Waals surface area (Å²) in [4.78, 5) is 16.6. The average molecular weight is 447 g/mol. The summed E-state index contributed by atoms with van der Waals surface area (Å²) in [6.07, 6.45) is 0. The van der Waals surface area contributed by atoms with E-state index in [1.165, 1.54) is 11.1 Å². The molecular weight excluding hydrogens is 416 g/mol. The molecule has 0 saturated carbocycles. The van der Waals surface area contributed by atoms with Crippen LogP contribution >= 0.6 is 0 Å². The van der Waals surface area contributed by atoms with Crippen molar-refractivity contribution in [3.8, 4) is 22.8 Å². The predicted octanol–water partition coefficient (Wildman–Crippen LogP) is 3.89. The van der Waals surface area contributed by atoms with E-state index in [-0.39, 0.29) is 12.5 Å². The number of ether oxygens (including phenoxy) is 2. The van der Waals surface area contributed by atoms with Crippen LogP contribution in [0.5, 0.6) is 11.5 Å². The Hall–Kier alpha value is -3.61. The van der Waals surface area contributed by atoms with Crippen LogP contribution in [0.15, 0.2) is 54.6 Å². The normalized spacial score (nSPS) is 13.7. The maximum absolute atomic E-state index is 12.7. The Labute approximate surface area is 195 Å². The van der Waals surface area contributed by atoms with Crippen molar-refractivity contribution in [2.45, 2.75) is 20.8 Å². The molecule has 7 nitrogen and oxygen atoms in total. The molecule has 1 aliphatic heterocycles. The molecule has 172 valence electrons. The van der Waals surface area contributed by atoms with Gasteiger partial charge in [0.25, 0.3) is 5.91 Å². The van der Waals surface area contributed by atoms with Gasteiger partial charge in [-0.2, -0.15) is 0 Å². The molecule has 1 saturated heterocycles. The van der Waals surface area contributed by atoms with Gasteiger partial charge in [0, 0.05) is 31.7 Å². The molecule has 1 aliphatic rings. The van der Waals surface area contributed by atoms with Gasteiger partial charge in [0.1, 0.15) is 0 Å². The topological polar surface area (TPSA) is 67.8 Å². The Morgan fingerprint density at radius 1 is 0.879 bits per heavy atom. The van der Waals surface area contributed by atoms with Gasteiger partial charge in [-0.15, -0.1) is 10.2 Å². The number of rotatable bonds is 7. The lowest BCUT2D eigenvalue weighted by Gasteiger charge is -2.35. The van der Waals surface area contributed by atoms with Crippen molar-refractivity contribution in [2.75, 3.05) is 44.3 Å². The van der Waals surface area contributed by atoms with Crippen LogP contribution in [-0.4, -0.2) is 60.4 Å². The van der Waals surface area contributed by atoms with Crippen LogP contribution in [0.25, 0.3) is 11.3 Å². The van der Waals surface area contributed by atoms with Gasteiger partial charge in [-0.25, -0.2) is 0 Å². The van der Waals surface area contributed by atoms with E-state index in [0.29, 0.717) is 44.3 Å². The van der Waals surface area contributed by atoms with Crippen LogP contribution in [0.3, 0.4) is 0 Å². The number of carbonyl (C=O) groups excluding carboxylic acids is 1. The fourth-order valence-corrected chi connectivity index (χ4v) is 3.81. The number of para-hydroxylation sites is 2. The third-order valence-corrected chi connectivity index (χ3v) is 5.91. The van der Waals surface area contributed by atoms with Gasteiger partial charge in [0.05, 0.1) is 12.3 Å². The van der Waals surface area contributed by atoms with Crippen molar-refractivity contribution >= 4 is 11.7 Å². The highest BCUT2D eigenvalue weighted by atomic mass is 16.5. The molecule has 0 radical (unpaired) electrons. The second-order valence-electron chi connectivity index (χ2n) is 8.11. The molecule has 0 unspecified atom stereocenters. The average Bonchev–Trinajstić information content (AvgIpc) is 2.85. The lowest BCUT2D eigenvalue weighted by Crippen LogP contribution is -2.50. The van der Waals surface area contributed by atoms with Crippen LogP contribution in [0.1, 0.15) is 18.1 Å². The highest BCUT2D eigenvalue weighted by molar-refractivity contribution is 5.78. The van der Waals surface area contributed by atoms with Crippen molar-refractivity contribution < 1.29 is 14.3 Å². The summed E-state index contributed by atoms with van der Waals surface area (Å²) < 4.78 is 11.3. The first-order valence-electron chi connectivity index (χ1n) is 11.3. The van der Waals surface area contributed by atoms with Gasteiger partial charge in [0.2, 0.25) is 0 Å². The van der Waals surface area contributed by atoms with Crippen molar-refractivity contribution in [3.63, 3.8) is 0 Å². The molecule has 1 amide bonds. The van der Waals surface area contributed by atoms with Crippen molar-refractivity contribution in [2.24, 2.45) is 0 Å². The lowest BCUT2D eigenvalue weighted by molar-refractivity contribution is -0.133. The highest BCUT2D eigenvalue weighted by Gasteiger charge is 2.23. The van der Waals surface area contributed by atoms with Crippen LogP contribution in [0.2, 0.25) is 0 Å². The smallest absolute Gasteiger partial charge is 0.260 e. The van der Waals surface area contributed by atoms with E-state index < -0.39 is 0 Å². The summed E-state index contributed by atoms with van der Waals surface area (Å²) >= 11 is 0. The molecule has 0 N–H and O–H groups in total. The Morgan fingerprint density at radius 2 is 1.61 bits per heavy atom. The van der Waals surface area contributed by atoms with Gasteiger partial charge in [-0.1, -0.05) is 24.3 Å². The number of benzene rings is 2. The van der Waals surface area contributed by atoms with E-state index >= 15 is 0 Å². The Balaban J connectivity index is 1.30. The monoisotopic (exact) mass is 446 g/mol. The Morgan fingerprint density at radius 3 is 2.24 bits per heavy atom. The first-order valence-corrected chi connectivity index (χ1v) is 11.3. The lowest BCUT2D eigenvalue weighted by atomic mass is 10.0. The van der Waals surface area contributed by atoms with Crippen LogP contribution < -0.4 is 14.4 Å². The van der Waals surface area contributed by atoms with Crippen LogP contribution in [0.4, 0.5) is 5.82 Å². The second-order valence-corrected chi connectivity index (χ2v) is 8.11. The van der Waals surface area contributed by atoms with Crippen molar-refractivity contribution in [3.05, 3.63) is 65.7 Å². The Bertz CT molecular complexity index is 1090. The second kappa shape index (κ2) is 10.3. The number of aromatic nitrogens is 2. The summed E-state index contributed by atoms with van der Waals surface area (Å²) in [5.41, 5.74) is 4.43. The summed E-state index contributed by atoms with van der Waals surface area (Å²) in [7, 11) is 0. The van der Waals surface area contributed by atoms with E-state index in [9.17, 15) is 4.79 Å². The molecule has 2 heterocycles. The van der Waals surface area contributed by atoms with Gasteiger partial charge in [-0.05, 0) is 62.2 Å². The maximum atomic E-state index is 12.7. The van der Waals surface area contributed by atoms with Crippen LogP contribution in [0, 0.1) is 13.8 Å². The van der Waals surface area contributed by atoms with Crippen LogP contribution in [-0.2, 0) is 4.79 Å². The van der Waals surface area contributed by atoms with Gasteiger partial charge < -0.3 is 19.3 Å². The highest BCUT2D eigenvalue weighted by Crippen LogP contribution is 2.26. The molecule has 0 atom stereocenters. The first-order chi connectivity index (χ1) is 16.0. The zero-order valence-electron chi connectivity index (χ0n) is 19.5. The van der Waals surface area contributed by atoms with Crippen molar-refractivity contribution in [1.82, 2.24) is 15.1 Å². The zero-order chi connectivity index (χ0) is 23.2. The molecule has 1 aromatic heterocycles. The standard InChI is InChI=1S/C26H30N4O3/c1-4-32-23-7-5-6-8-24(23)33-18-26(31)30-15-13-29(14-16-30)25-12-11-22(27-28-25)21-10-9-19(2)20(3)17-21/h5-12,17H,4,13-16,18H2,1-3H3. The minimum Gasteiger partial charge on any atom is -0.490 e. The van der Waals surface area contributed by atoms with E-state index in [4.69, 9.17) is 9.47 Å². The minimum absolute atomic E-state index is 0.00540. The summed E-state index contributed by atoms with van der Waals surface area (Å²) in [5, 5.41) is 8.87. The third-order valence-electron chi connectivity index (χ3n) is 5.91.